The van der Waals surface area contributed by atoms with Gasteiger partial charge >= 0.3 is 0 Å². The molecule has 3 atom stereocenters. The highest BCUT2D eigenvalue weighted by Crippen LogP contribution is 2.22. The van der Waals surface area contributed by atoms with Crippen LogP contribution in [0.1, 0.15) is 25.3 Å². The third-order valence-electron chi connectivity index (χ3n) is 4.78. The van der Waals surface area contributed by atoms with E-state index in [1.807, 2.05) is 11.8 Å². The van der Waals surface area contributed by atoms with Gasteiger partial charge in [0.05, 0.1) is 12.7 Å². The highest BCUT2D eigenvalue weighted by molar-refractivity contribution is 5.85. The number of piperidine rings is 1. The van der Waals surface area contributed by atoms with E-state index in [4.69, 9.17) is 4.74 Å². The van der Waals surface area contributed by atoms with Crippen molar-refractivity contribution in [1.82, 2.24) is 10.2 Å². The van der Waals surface area contributed by atoms with Crippen molar-refractivity contribution in [3.05, 3.63) is 35.9 Å². The van der Waals surface area contributed by atoms with Gasteiger partial charge in [0.2, 0.25) is 5.91 Å². The summed E-state index contributed by atoms with van der Waals surface area (Å²) in [7, 11) is 0. The summed E-state index contributed by atoms with van der Waals surface area (Å²) in [6.45, 7) is 5.21. The Morgan fingerprint density at radius 3 is 2.87 bits per heavy atom. The molecule has 0 aromatic heterocycles. The second kappa shape index (κ2) is 8.67. The van der Waals surface area contributed by atoms with Gasteiger partial charge in [-0.05, 0) is 37.7 Å². The third kappa shape index (κ3) is 4.69. The highest BCUT2D eigenvalue weighted by Gasteiger charge is 2.33. The predicted octanol–water partition coefficient (Wildman–Crippen LogP) is 2.27. The molecule has 4 nitrogen and oxygen atoms in total. The van der Waals surface area contributed by atoms with Crippen molar-refractivity contribution >= 4 is 18.3 Å². The molecule has 0 radical (unpaired) electrons. The van der Waals surface area contributed by atoms with E-state index in [1.54, 1.807) is 0 Å². The van der Waals surface area contributed by atoms with E-state index in [9.17, 15) is 4.79 Å². The lowest BCUT2D eigenvalue weighted by Gasteiger charge is -2.38. The Balaban J connectivity index is 0.00000192. The summed E-state index contributed by atoms with van der Waals surface area (Å²) in [6, 6.07) is 10.4. The zero-order chi connectivity index (χ0) is 15.4. The minimum atomic E-state index is -0.177. The van der Waals surface area contributed by atoms with Crippen LogP contribution in [0.15, 0.2) is 30.3 Å². The molecule has 0 saturated carbocycles. The van der Waals surface area contributed by atoms with Crippen molar-refractivity contribution in [2.45, 2.75) is 38.3 Å². The van der Waals surface area contributed by atoms with Gasteiger partial charge in [0.25, 0.3) is 0 Å². The summed E-state index contributed by atoms with van der Waals surface area (Å²) in [5.41, 5.74) is 1.37. The lowest BCUT2D eigenvalue weighted by Crippen LogP contribution is -2.57. The number of carbonyl (C=O) groups is 1. The summed E-state index contributed by atoms with van der Waals surface area (Å²) in [5, 5.41) is 3.31. The molecule has 2 aliphatic heterocycles. The number of halogens is 1. The van der Waals surface area contributed by atoms with Gasteiger partial charge in [-0.25, -0.2) is 0 Å². The summed E-state index contributed by atoms with van der Waals surface area (Å²) in [6.07, 6.45) is 3.35. The first-order valence-corrected chi connectivity index (χ1v) is 8.42. The van der Waals surface area contributed by atoms with Gasteiger partial charge in [0, 0.05) is 19.6 Å². The number of carbonyl (C=O) groups excluding carboxylic acids is 1. The smallest absolute Gasteiger partial charge is 0.242 e. The first-order chi connectivity index (χ1) is 10.7. The average Bonchev–Trinajstić information content (AvgIpc) is 2.56. The topological polar surface area (TPSA) is 41.6 Å². The molecule has 128 valence electrons. The van der Waals surface area contributed by atoms with Gasteiger partial charge in [0.15, 0.2) is 0 Å². The lowest BCUT2D eigenvalue weighted by molar-refractivity contribution is -0.141. The van der Waals surface area contributed by atoms with Crippen LogP contribution in [-0.4, -0.2) is 49.2 Å². The van der Waals surface area contributed by atoms with Crippen molar-refractivity contribution in [2.24, 2.45) is 5.92 Å². The molecule has 0 bridgehead atoms. The molecule has 1 aromatic carbocycles. The number of hydrogen-bond acceptors (Lipinski definition) is 3. The number of ether oxygens (including phenoxy) is 1. The number of nitrogens with zero attached hydrogens (tertiary/aromatic N) is 1. The standard InChI is InChI=1S/C18H26N2O2.ClH/c1-14-17(19-9-11-22-14)18(21)20-10-5-8-16(13-20)12-15-6-3-2-4-7-15;/h2-4,6-7,14,16-17,19H,5,8-13H2,1H3;1H/t14-,16?,17+;/m1./s1. The van der Waals surface area contributed by atoms with E-state index in [1.165, 1.54) is 12.0 Å². The van der Waals surface area contributed by atoms with Crippen LogP contribution in [0, 0.1) is 5.92 Å². The molecule has 3 rings (SSSR count). The second-order valence-corrected chi connectivity index (χ2v) is 6.49. The zero-order valence-corrected chi connectivity index (χ0v) is 14.6. The lowest BCUT2D eigenvalue weighted by atomic mass is 9.91. The molecule has 2 aliphatic rings. The number of morpholine rings is 1. The fourth-order valence-corrected chi connectivity index (χ4v) is 3.59. The first-order valence-electron chi connectivity index (χ1n) is 8.42. The van der Waals surface area contributed by atoms with Crippen LogP contribution < -0.4 is 5.32 Å². The van der Waals surface area contributed by atoms with Crippen LogP contribution in [0.2, 0.25) is 0 Å². The Morgan fingerprint density at radius 1 is 1.35 bits per heavy atom. The maximum Gasteiger partial charge on any atom is 0.242 e. The van der Waals surface area contributed by atoms with Crippen LogP contribution in [0.4, 0.5) is 0 Å². The van der Waals surface area contributed by atoms with Crippen LogP contribution >= 0.6 is 12.4 Å². The molecular weight excluding hydrogens is 312 g/mol. The van der Waals surface area contributed by atoms with E-state index in [0.29, 0.717) is 12.5 Å². The SMILES string of the molecule is C[C@H]1OCCN[C@@H]1C(=O)N1CCCC(Cc2ccccc2)C1.Cl. The van der Waals surface area contributed by atoms with E-state index in [0.717, 1.165) is 32.5 Å². The zero-order valence-electron chi connectivity index (χ0n) is 13.7. The number of likely N-dealkylation sites (tertiary alicyclic amines) is 1. The Bertz CT molecular complexity index is 497. The normalized spacial score (nSPS) is 28.0. The molecule has 0 spiro atoms. The Kier molecular flexibility index (Phi) is 6.88. The van der Waals surface area contributed by atoms with Crippen molar-refractivity contribution in [1.29, 1.82) is 0 Å². The van der Waals surface area contributed by atoms with E-state index in [2.05, 4.69) is 35.6 Å². The van der Waals surface area contributed by atoms with Crippen LogP contribution in [0.3, 0.4) is 0 Å². The maximum absolute atomic E-state index is 12.7. The highest BCUT2D eigenvalue weighted by atomic mass is 35.5. The van der Waals surface area contributed by atoms with Gasteiger partial charge in [-0.2, -0.15) is 0 Å². The van der Waals surface area contributed by atoms with Gasteiger partial charge in [0.1, 0.15) is 6.04 Å². The number of rotatable bonds is 3. The van der Waals surface area contributed by atoms with Gasteiger partial charge in [-0.3, -0.25) is 4.79 Å². The number of amides is 1. The monoisotopic (exact) mass is 338 g/mol. The Labute approximate surface area is 145 Å². The molecule has 2 heterocycles. The molecule has 1 unspecified atom stereocenters. The maximum atomic E-state index is 12.7. The molecule has 0 aliphatic carbocycles. The minimum absolute atomic E-state index is 0. The van der Waals surface area contributed by atoms with Gasteiger partial charge in [-0.15, -0.1) is 12.4 Å². The van der Waals surface area contributed by atoms with Crippen LogP contribution in [0.25, 0.3) is 0 Å². The van der Waals surface area contributed by atoms with Crippen LogP contribution in [-0.2, 0) is 16.0 Å². The van der Waals surface area contributed by atoms with E-state index in [-0.39, 0.29) is 30.5 Å². The molecule has 1 aromatic rings. The van der Waals surface area contributed by atoms with E-state index < -0.39 is 0 Å². The molecule has 1 N–H and O–H groups in total. The van der Waals surface area contributed by atoms with Crippen molar-refractivity contribution < 1.29 is 9.53 Å². The number of benzene rings is 1. The summed E-state index contributed by atoms with van der Waals surface area (Å²) in [5.74, 6) is 0.782. The van der Waals surface area contributed by atoms with Gasteiger partial charge in [-0.1, -0.05) is 30.3 Å². The first kappa shape index (κ1) is 18.2. The summed E-state index contributed by atoms with van der Waals surface area (Å²) < 4.78 is 5.61. The Morgan fingerprint density at radius 2 is 2.13 bits per heavy atom. The average molecular weight is 339 g/mol. The second-order valence-electron chi connectivity index (χ2n) is 6.49. The molecule has 1 amide bonds. The molecule has 2 saturated heterocycles. The van der Waals surface area contributed by atoms with Crippen molar-refractivity contribution in [3.63, 3.8) is 0 Å². The number of hydrogen-bond donors (Lipinski definition) is 1. The Hall–Kier alpha value is -1.10. The van der Waals surface area contributed by atoms with Crippen molar-refractivity contribution in [3.8, 4) is 0 Å². The summed E-state index contributed by atoms with van der Waals surface area (Å²) in [4.78, 5) is 14.8. The molecule has 5 heteroatoms. The van der Waals surface area contributed by atoms with Gasteiger partial charge < -0.3 is 15.0 Å². The predicted molar refractivity (Wildman–Crippen MR) is 93.9 cm³/mol. The summed E-state index contributed by atoms with van der Waals surface area (Å²) >= 11 is 0. The largest absolute Gasteiger partial charge is 0.375 e. The molecule has 23 heavy (non-hydrogen) atoms. The molecule has 2 fully saturated rings. The fraction of sp³-hybridized carbons (Fsp3) is 0.611. The quantitative estimate of drug-likeness (QED) is 0.919. The van der Waals surface area contributed by atoms with Crippen LogP contribution in [0.5, 0.6) is 0 Å². The molecular formula is C18H27ClN2O2. The third-order valence-corrected chi connectivity index (χ3v) is 4.78. The minimum Gasteiger partial charge on any atom is -0.375 e. The van der Waals surface area contributed by atoms with Crippen molar-refractivity contribution in [2.75, 3.05) is 26.2 Å². The number of nitrogens with one attached hydrogen (secondary N) is 1. The fourth-order valence-electron chi connectivity index (χ4n) is 3.59. The van der Waals surface area contributed by atoms with E-state index >= 15 is 0 Å².